The van der Waals surface area contributed by atoms with Crippen LogP contribution < -0.4 is 11.1 Å². The maximum atomic E-state index is 11.7. The summed E-state index contributed by atoms with van der Waals surface area (Å²) in [5.41, 5.74) is 5.64. The molecular formula is C13H14ClN3O3. The van der Waals surface area contributed by atoms with Gasteiger partial charge in [0.15, 0.2) is 6.10 Å². The van der Waals surface area contributed by atoms with Crippen LogP contribution in [0.3, 0.4) is 0 Å². The highest BCUT2D eigenvalue weighted by atomic mass is 35.5. The molecule has 0 aliphatic carbocycles. The summed E-state index contributed by atoms with van der Waals surface area (Å²) in [6.45, 7) is 1.45. The number of rotatable bonds is 5. The van der Waals surface area contributed by atoms with Crippen molar-refractivity contribution in [1.82, 2.24) is 5.32 Å². The molecule has 1 aromatic carbocycles. The zero-order valence-corrected chi connectivity index (χ0v) is 11.6. The lowest BCUT2D eigenvalue weighted by Gasteiger charge is -2.18. The Hall–Kier alpha value is -2.26. The van der Waals surface area contributed by atoms with Gasteiger partial charge in [-0.05, 0) is 18.6 Å². The van der Waals surface area contributed by atoms with E-state index in [4.69, 9.17) is 27.3 Å². The molecule has 0 fully saturated rings. The molecule has 0 saturated heterocycles. The summed E-state index contributed by atoms with van der Waals surface area (Å²) < 4.78 is 4.84. The van der Waals surface area contributed by atoms with E-state index in [-0.39, 0.29) is 6.42 Å². The molecule has 0 radical (unpaired) electrons. The quantitative estimate of drug-likeness (QED) is 0.809. The highest BCUT2D eigenvalue weighted by molar-refractivity contribution is 6.31. The molecule has 2 atom stereocenters. The van der Waals surface area contributed by atoms with E-state index in [9.17, 15) is 9.59 Å². The second kappa shape index (κ2) is 7.36. The first-order valence-electron chi connectivity index (χ1n) is 5.83. The Morgan fingerprint density at radius 3 is 2.70 bits per heavy atom. The lowest BCUT2D eigenvalue weighted by Crippen LogP contribution is -2.35. The van der Waals surface area contributed by atoms with Gasteiger partial charge in [0.25, 0.3) is 0 Å². The van der Waals surface area contributed by atoms with Crippen molar-refractivity contribution in [1.29, 1.82) is 5.26 Å². The number of nitrogens with one attached hydrogen (secondary N) is 1. The smallest absolute Gasteiger partial charge is 0.312 e. The lowest BCUT2D eigenvalue weighted by atomic mass is 10.0. The number of carbonyl (C=O) groups excluding carboxylic acids is 2. The van der Waals surface area contributed by atoms with Crippen molar-refractivity contribution in [3.63, 3.8) is 0 Å². The van der Waals surface area contributed by atoms with E-state index in [1.165, 1.54) is 6.92 Å². The molecule has 6 nitrogen and oxygen atoms in total. The number of nitrogens with two attached hydrogens (primary N) is 1. The SMILES string of the molecule is C[C@H](C#N)OC(=O)C[C@@H](NC(N)=O)c1ccccc1Cl. The number of ether oxygens (including phenoxy) is 1. The average molecular weight is 296 g/mol. The van der Waals surface area contributed by atoms with Gasteiger partial charge >= 0.3 is 12.0 Å². The normalized spacial score (nSPS) is 12.8. The predicted octanol–water partition coefficient (Wildman–Crippen LogP) is 1.89. The van der Waals surface area contributed by atoms with Crippen LogP contribution in [0, 0.1) is 11.3 Å². The molecule has 0 saturated carbocycles. The van der Waals surface area contributed by atoms with Crippen molar-refractivity contribution in [2.24, 2.45) is 5.73 Å². The largest absolute Gasteiger partial charge is 0.447 e. The van der Waals surface area contributed by atoms with Gasteiger partial charge in [-0.3, -0.25) is 4.79 Å². The molecule has 106 valence electrons. The summed E-state index contributed by atoms with van der Waals surface area (Å²) in [7, 11) is 0. The first kappa shape index (κ1) is 15.8. The molecule has 20 heavy (non-hydrogen) atoms. The second-order valence-electron chi connectivity index (χ2n) is 4.05. The third kappa shape index (κ3) is 4.78. The van der Waals surface area contributed by atoms with Crippen LogP contribution >= 0.6 is 11.6 Å². The highest BCUT2D eigenvalue weighted by Gasteiger charge is 2.21. The minimum Gasteiger partial charge on any atom is -0.447 e. The van der Waals surface area contributed by atoms with E-state index in [1.807, 2.05) is 0 Å². The molecular weight excluding hydrogens is 282 g/mol. The zero-order chi connectivity index (χ0) is 15.1. The molecule has 0 heterocycles. The fourth-order valence-corrected chi connectivity index (χ4v) is 1.87. The van der Waals surface area contributed by atoms with Gasteiger partial charge in [0.05, 0.1) is 12.5 Å². The van der Waals surface area contributed by atoms with Gasteiger partial charge in [0.2, 0.25) is 0 Å². The van der Waals surface area contributed by atoms with Gasteiger partial charge in [0.1, 0.15) is 6.07 Å². The number of nitriles is 1. The zero-order valence-electron chi connectivity index (χ0n) is 10.8. The molecule has 2 amide bonds. The lowest BCUT2D eigenvalue weighted by molar-refractivity contribution is -0.146. The van der Waals surface area contributed by atoms with Crippen LogP contribution in [0.4, 0.5) is 4.79 Å². The van der Waals surface area contributed by atoms with E-state index >= 15 is 0 Å². The number of hydrogen-bond donors (Lipinski definition) is 2. The molecule has 0 bridgehead atoms. The number of benzene rings is 1. The van der Waals surface area contributed by atoms with E-state index in [0.29, 0.717) is 10.6 Å². The number of nitrogens with zero attached hydrogens (tertiary/aromatic N) is 1. The van der Waals surface area contributed by atoms with Gasteiger partial charge < -0.3 is 15.8 Å². The monoisotopic (exact) mass is 295 g/mol. The maximum absolute atomic E-state index is 11.7. The van der Waals surface area contributed by atoms with Gasteiger partial charge in [-0.15, -0.1) is 0 Å². The summed E-state index contributed by atoms with van der Waals surface area (Å²) in [5, 5.41) is 11.4. The second-order valence-corrected chi connectivity index (χ2v) is 4.46. The number of halogens is 1. The Bertz CT molecular complexity index is 542. The number of amides is 2. The van der Waals surface area contributed by atoms with Crippen LogP contribution in [0.15, 0.2) is 24.3 Å². The van der Waals surface area contributed by atoms with E-state index in [2.05, 4.69) is 5.32 Å². The van der Waals surface area contributed by atoms with Crippen LogP contribution in [0.1, 0.15) is 24.9 Å². The Balaban J connectivity index is 2.86. The fourth-order valence-electron chi connectivity index (χ4n) is 1.61. The molecule has 1 aromatic rings. The van der Waals surface area contributed by atoms with Gasteiger partial charge in [-0.25, -0.2) is 4.79 Å². The molecule has 0 aliphatic rings. The molecule has 7 heteroatoms. The first-order valence-corrected chi connectivity index (χ1v) is 6.21. The number of urea groups is 1. The van der Waals surface area contributed by atoms with Gasteiger partial charge in [-0.1, -0.05) is 29.8 Å². The minimum atomic E-state index is -0.858. The summed E-state index contributed by atoms with van der Waals surface area (Å²) in [5.74, 6) is -0.627. The summed E-state index contributed by atoms with van der Waals surface area (Å²) in [6, 6.07) is 7.04. The fraction of sp³-hybridized carbons (Fsp3) is 0.308. The topological polar surface area (TPSA) is 105 Å². The van der Waals surface area contributed by atoms with Crippen LogP contribution in [0.5, 0.6) is 0 Å². The Kier molecular flexibility index (Phi) is 5.81. The minimum absolute atomic E-state index is 0.168. The van der Waals surface area contributed by atoms with Crippen LogP contribution in [-0.4, -0.2) is 18.1 Å². The maximum Gasteiger partial charge on any atom is 0.312 e. The van der Waals surface area contributed by atoms with Crippen molar-refractivity contribution >= 4 is 23.6 Å². The number of esters is 1. The van der Waals surface area contributed by atoms with E-state index < -0.39 is 24.1 Å². The van der Waals surface area contributed by atoms with Gasteiger partial charge in [0, 0.05) is 5.02 Å². The van der Waals surface area contributed by atoms with Crippen LogP contribution in [0.2, 0.25) is 5.02 Å². The third-order valence-corrected chi connectivity index (χ3v) is 2.80. The summed E-state index contributed by atoms with van der Waals surface area (Å²) in [6.07, 6.45) is -1.03. The standard InChI is InChI=1S/C13H14ClN3O3/c1-8(7-15)20-12(18)6-11(17-13(16)19)9-4-2-3-5-10(9)14/h2-5,8,11H,6H2,1H3,(H3,16,17,19)/t8-,11-/m1/s1. The molecule has 3 N–H and O–H groups in total. The summed E-state index contributed by atoms with van der Waals surface area (Å²) in [4.78, 5) is 22.7. The highest BCUT2D eigenvalue weighted by Crippen LogP contribution is 2.25. The molecule has 0 spiro atoms. The predicted molar refractivity (Wildman–Crippen MR) is 72.7 cm³/mol. The van der Waals surface area contributed by atoms with Crippen molar-refractivity contribution < 1.29 is 14.3 Å². The van der Waals surface area contributed by atoms with Crippen molar-refractivity contribution in [2.45, 2.75) is 25.5 Å². The van der Waals surface area contributed by atoms with Gasteiger partial charge in [-0.2, -0.15) is 5.26 Å². The van der Waals surface area contributed by atoms with E-state index in [0.717, 1.165) is 0 Å². The van der Waals surface area contributed by atoms with Crippen molar-refractivity contribution in [3.8, 4) is 6.07 Å². The Morgan fingerprint density at radius 1 is 1.50 bits per heavy atom. The van der Waals surface area contributed by atoms with E-state index in [1.54, 1.807) is 30.3 Å². The average Bonchev–Trinajstić information content (AvgIpc) is 2.37. The first-order chi connectivity index (χ1) is 9.43. The molecule has 0 aromatic heterocycles. The Labute approximate surface area is 121 Å². The van der Waals surface area contributed by atoms with Crippen LogP contribution in [0.25, 0.3) is 0 Å². The van der Waals surface area contributed by atoms with Crippen LogP contribution in [-0.2, 0) is 9.53 Å². The number of primary amides is 1. The Morgan fingerprint density at radius 2 is 2.15 bits per heavy atom. The number of hydrogen-bond acceptors (Lipinski definition) is 4. The molecule has 0 unspecified atom stereocenters. The molecule has 0 aliphatic heterocycles. The molecule has 1 rings (SSSR count). The third-order valence-electron chi connectivity index (χ3n) is 2.46. The van der Waals surface area contributed by atoms with Crippen molar-refractivity contribution in [3.05, 3.63) is 34.9 Å². The summed E-state index contributed by atoms with van der Waals surface area (Å²) >= 11 is 6.02. The number of carbonyl (C=O) groups is 2. The van der Waals surface area contributed by atoms with Crippen molar-refractivity contribution in [2.75, 3.05) is 0 Å².